The Kier molecular flexibility index (Phi) is 8.98. The number of nitrogens with one attached hydrogen (secondary N) is 1. The SMILES string of the molecule is CC(=O)N[C@H]1[C@H](OC(C)=O)[C@@H](OC(C)=O)[C@H]([C@@H](COC(C)=O)OC(C)=O)O[C@@H]1O. The zero-order chi connectivity index (χ0) is 22.3. The highest BCUT2D eigenvalue weighted by Crippen LogP contribution is 2.29. The summed E-state index contributed by atoms with van der Waals surface area (Å²) in [6.07, 6.45) is -7.21. The van der Waals surface area contributed by atoms with Crippen molar-refractivity contribution >= 4 is 29.8 Å². The molecule has 0 bridgehead atoms. The van der Waals surface area contributed by atoms with Gasteiger partial charge in [-0.15, -0.1) is 0 Å². The molecule has 164 valence electrons. The number of rotatable bonds is 7. The van der Waals surface area contributed by atoms with E-state index in [9.17, 15) is 29.1 Å². The summed E-state index contributed by atoms with van der Waals surface area (Å²) < 4.78 is 25.8. The third-order valence-electron chi connectivity index (χ3n) is 3.71. The number of esters is 4. The Labute approximate surface area is 166 Å². The van der Waals surface area contributed by atoms with Crippen LogP contribution in [0.1, 0.15) is 34.6 Å². The van der Waals surface area contributed by atoms with E-state index in [2.05, 4.69) is 5.32 Å². The molecule has 0 aromatic carbocycles. The van der Waals surface area contributed by atoms with Crippen LogP contribution in [0.15, 0.2) is 0 Å². The summed E-state index contributed by atoms with van der Waals surface area (Å²) >= 11 is 0. The van der Waals surface area contributed by atoms with Crippen LogP contribution >= 0.6 is 0 Å². The molecule has 0 unspecified atom stereocenters. The van der Waals surface area contributed by atoms with E-state index in [-0.39, 0.29) is 0 Å². The third kappa shape index (κ3) is 7.66. The molecule has 6 atom stereocenters. The van der Waals surface area contributed by atoms with Crippen LogP contribution in [0.5, 0.6) is 0 Å². The first-order chi connectivity index (χ1) is 13.4. The van der Waals surface area contributed by atoms with Gasteiger partial charge in [0, 0.05) is 34.6 Å². The maximum absolute atomic E-state index is 11.6. The molecule has 1 amide bonds. The summed E-state index contributed by atoms with van der Waals surface area (Å²) in [7, 11) is 0. The van der Waals surface area contributed by atoms with Gasteiger partial charge in [-0.05, 0) is 0 Å². The molecule has 0 saturated carbocycles. The molecule has 0 radical (unpaired) electrons. The van der Waals surface area contributed by atoms with Crippen LogP contribution in [-0.4, -0.2) is 78.2 Å². The minimum Gasteiger partial charge on any atom is -0.462 e. The number of carbonyl (C=O) groups excluding carboxylic acids is 5. The minimum atomic E-state index is -1.73. The van der Waals surface area contributed by atoms with Crippen LogP contribution in [0.25, 0.3) is 0 Å². The standard InChI is InChI=1S/C17H25NO11/c1-7(19)18-13-15(27-10(4)22)16(28-11(5)23)14(29-17(13)24)12(26-9(3)21)6-25-8(2)20/h12-17,24H,6H2,1-5H3,(H,18,19)/t12-,13+,14+,15+,16+,17+/m1/s1. The molecule has 12 heteroatoms. The molecule has 1 fully saturated rings. The van der Waals surface area contributed by atoms with Gasteiger partial charge in [0.2, 0.25) is 5.91 Å². The molecule has 29 heavy (non-hydrogen) atoms. The normalized spacial score (nSPS) is 27.2. The zero-order valence-electron chi connectivity index (χ0n) is 16.7. The summed E-state index contributed by atoms with van der Waals surface area (Å²) in [6, 6.07) is -1.29. The van der Waals surface area contributed by atoms with Crippen molar-refractivity contribution in [2.24, 2.45) is 0 Å². The van der Waals surface area contributed by atoms with Gasteiger partial charge >= 0.3 is 23.9 Å². The van der Waals surface area contributed by atoms with Crippen molar-refractivity contribution < 1.29 is 52.8 Å². The first kappa shape index (κ1) is 24.3. The van der Waals surface area contributed by atoms with E-state index in [4.69, 9.17) is 23.7 Å². The predicted molar refractivity (Wildman–Crippen MR) is 91.8 cm³/mol. The Morgan fingerprint density at radius 2 is 1.45 bits per heavy atom. The number of ether oxygens (including phenoxy) is 5. The van der Waals surface area contributed by atoms with Gasteiger partial charge in [0.05, 0.1) is 0 Å². The number of amides is 1. The molecular formula is C17H25NO11. The van der Waals surface area contributed by atoms with E-state index in [1.807, 2.05) is 0 Å². The molecule has 1 heterocycles. The quantitative estimate of drug-likeness (QED) is 0.367. The number of hydrogen-bond donors (Lipinski definition) is 2. The lowest BCUT2D eigenvalue weighted by molar-refractivity contribution is -0.278. The van der Waals surface area contributed by atoms with E-state index in [0.29, 0.717) is 0 Å². The Bertz CT molecular complexity index is 649. The average Bonchev–Trinajstić information content (AvgIpc) is 2.55. The largest absolute Gasteiger partial charge is 0.462 e. The molecule has 0 aromatic rings. The number of aliphatic hydroxyl groups is 1. The van der Waals surface area contributed by atoms with Gasteiger partial charge in [-0.1, -0.05) is 0 Å². The molecular weight excluding hydrogens is 394 g/mol. The van der Waals surface area contributed by atoms with Gasteiger partial charge in [-0.3, -0.25) is 24.0 Å². The lowest BCUT2D eigenvalue weighted by Crippen LogP contribution is -2.67. The lowest BCUT2D eigenvalue weighted by Gasteiger charge is -2.45. The van der Waals surface area contributed by atoms with Gasteiger partial charge in [-0.2, -0.15) is 0 Å². The first-order valence-electron chi connectivity index (χ1n) is 8.68. The second kappa shape index (κ2) is 10.7. The van der Waals surface area contributed by atoms with E-state index < -0.39 is 73.1 Å². The lowest BCUT2D eigenvalue weighted by atomic mass is 9.93. The van der Waals surface area contributed by atoms with E-state index in [1.165, 1.54) is 0 Å². The Morgan fingerprint density at radius 3 is 1.90 bits per heavy atom. The van der Waals surface area contributed by atoms with Crippen molar-refractivity contribution in [2.75, 3.05) is 6.61 Å². The molecule has 0 spiro atoms. The molecule has 2 N–H and O–H groups in total. The molecule has 0 aliphatic carbocycles. The second-order valence-corrected chi connectivity index (χ2v) is 6.32. The van der Waals surface area contributed by atoms with E-state index in [0.717, 1.165) is 34.6 Å². The van der Waals surface area contributed by atoms with Gasteiger partial charge < -0.3 is 34.1 Å². The van der Waals surface area contributed by atoms with Gasteiger partial charge in [-0.25, -0.2) is 0 Å². The highest BCUT2D eigenvalue weighted by Gasteiger charge is 2.53. The van der Waals surface area contributed by atoms with Crippen molar-refractivity contribution in [2.45, 2.75) is 71.4 Å². The summed E-state index contributed by atoms with van der Waals surface area (Å²) in [4.78, 5) is 57.4. The highest BCUT2D eigenvalue weighted by atomic mass is 16.7. The Morgan fingerprint density at radius 1 is 0.897 bits per heavy atom. The smallest absolute Gasteiger partial charge is 0.303 e. The predicted octanol–water partition coefficient (Wildman–Crippen LogP) is -1.43. The fourth-order valence-corrected chi connectivity index (χ4v) is 2.83. The number of carbonyl (C=O) groups is 5. The van der Waals surface area contributed by atoms with E-state index >= 15 is 0 Å². The van der Waals surface area contributed by atoms with Crippen LogP contribution < -0.4 is 5.32 Å². The van der Waals surface area contributed by atoms with Crippen molar-refractivity contribution in [3.63, 3.8) is 0 Å². The minimum absolute atomic E-state index is 0.484. The Balaban J connectivity index is 3.34. The highest BCUT2D eigenvalue weighted by molar-refractivity contribution is 5.73. The molecule has 1 saturated heterocycles. The monoisotopic (exact) mass is 419 g/mol. The number of aliphatic hydroxyl groups excluding tert-OH is 1. The van der Waals surface area contributed by atoms with E-state index in [1.54, 1.807) is 0 Å². The second-order valence-electron chi connectivity index (χ2n) is 6.32. The van der Waals surface area contributed by atoms with Gasteiger partial charge in [0.1, 0.15) is 18.8 Å². The summed E-state index contributed by atoms with van der Waals surface area (Å²) in [5.41, 5.74) is 0. The van der Waals surface area contributed by atoms with Crippen LogP contribution in [0, 0.1) is 0 Å². The topological polar surface area (TPSA) is 164 Å². The summed E-state index contributed by atoms with van der Waals surface area (Å²) in [6.45, 7) is 5.04. The van der Waals surface area contributed by atoms with Crippen LogP contribution in [-0.2, 0) is 47.7 Å². The van der Waals surface area contributed by atoms with Gasteiger partial charge in [0.15, 0.2) is 24.6 Å². The number of hydrogen-bond acceptors (Lipinski definition) is 11. The molecule has 12 nitrogen and oxygen atoms in total. The zero-order valence-corrected chi connectivity index (χ0v) is 16.7. The molecule has 0 aromatic heterocycles. The fraction of sp³-hybridized carbons (Fsp3) is 0.706. The maximum Gasteiger partial charge on any atom is 0.303 e. The summed E-state index contributed by atoms with van der Waals surface area (Å²) in [5, 5.41) is 12.7. The van der Waals surface area contributed by atoms with Crippen molar-refractivity contribution in [3.05, 3.63) is 0 Å². The summed E-state index contributed by atoms with van der Waals surface area (Å²) in [5.74, 6) is -3.62. The third-order valence-corrected chi connectivity index (χ3v) is 3.71. The maximum atomic E-state index is 11.6. The van der Waals surface area contributed by atoms with Crippen molar-refractivity contribution in [1.29, 1.82) is 0 Å². The van der Waals surface area contributed by atoms with Crippen LogP contribution in [0.4, 0.5) is 0 Å². The molecule has 1 aliphatic heterocycles. The fourth-order valence-electron chi connectivity index (χ4n) is 2.83. The average molecular weight is 419 g/mol. The van der Waals surface area contributed by atoms with Crippen LogP contribution in [0.3, 0.4) is 0 Å². The van der Waals surface area contributed by atoms with Crippen LogP contribution in [0.2, 0.25) is 0 Å². The van der Waals surface area contributed by atoms with Crippen molar-refractivity contribution in [3.8, 4) is 0 Å². The van der Waals surface area contributed by atoms with Gasteiger partial charge in [0.25, 0.3) is 0 Å². The van der Waals surface area contributed by atoms with Crippen molar-refractivity contribution in [1.82, 2.24) is 5.32 Å². The Hall–Kier alpha value is -2.73. The molecule has 1 rings (SSSR count). The first-order valence-corrected chi connectivity index (χ1v) is 8.68. The molecule has 1 aliphatic rings.